The number of ether oxygens (including phenoxy) is 1. The second-order valence-electron chi connectivity index (χ2n) is 5.59. The topological polar surface area (TPSA) is 144 Å². The van der Waals surface area contributed by atoms with Crippen molar-refractivity contribution in [2.45, 2.75) is 17.9 Å². The molecule has 26 heavy (non-hydrogen) atoms. The number of hydrogen-bond acceptors (Lipinski definition) is 7. The lowest BCUT2D eigenvalue weighted by molar-refractivity contribution is 0.130. The molecule has 1 atom stereocenters. The molecular weight excluding hydrogens is 358 g/mol. The van der Waals surface area contributed by atoms with Crippen LogP contribution in [0.2, 0.25) is 0 Å². The first-order valence-electron chi connectivity index (χ1n) is 7.67. The van der Waals surface area contributed by atoms with Gasteiger partial charge < -0.3 is 9.84 Å². The first-order chi connectivity index (χ1) is 12.4. The molecule has 1 aromatic heterocycles. The van der Waals surface area contributed by atoms with Gasteiger partial charge in [-0.15, -0.1) is 10.2 Å². The summed E-state index contributed by atoms with van der Waals surface area (Å²) in [5, 5.41) is 28.0. The van der Waals surface area contributed by atoms with Crippen molar-refractivity contribution < 1.29 is 18.3 Å². The second kappa shape index (κ2) is 7.20. The van der Waals surface area contributed by atoms with Crippen LogP contribution < -0.4 is 9.88 Å². The Hall–Kier alpha value is -2.82. The Morgan fingerprint density at radius 2 is 1.96 bits per heavy atom. The fourth-order valence-electron chi connectivity index (χ4n) is 2.49. The highest BCUT2D eigenvalue weighted by Gasteiger charge is 2.22. The molecule has 3 aromatic rings. The minimum absolute atomic E-state index is 0.0920. The van der Waals surface area contributed by atoms with E-state index in [1.165, 1.54) is 6.07 Å². The number of aliphatic hydroxyl groups excluding tert-OH is 1. The summed E-state index contributed by atoms with van der Waals surface area (Å²) < 4.78 is 29.5. The van der Waals surface area contributed by atoms with E-state index in [4.69, 9.17) is 15.0 Å². The Bertz CT molecular complexity index is 988. The molecule has 1 unspecified atom stereocenters. The summed E-state index contributed by atoms with van der Waals surface area (Å²) in [7, 11) is -3.99. The van der Waals surface area contributed by atoms with Gasteiger partial charge >= 0.3 is 0 Å². The van der Waals surface area contributed by atoms with Crippen molar-refractivity contribution in [3.8, 4) is 28.3 Å². The summed E-state index contributed by atoms with van der Waals surface area (Å²) in [6, 6.07) is 11.7. The molecule has 3 rings (SSSR count). The van der Waals surface area contributed by atoms with Crippen LogP contribution in [0.15, 0.2) is 47.4 Å². The number of sulfonamides is 1. The average Bonchev–Trinajstić information content (AvgIpc) is 3.15. The Labute approximate surface area is 149 Å². The maximum Gasteiger partial charge on any atom is 0.238 e. The Kier molecular flexibility index (Phi) is 4.98. The lowest BCUT2D eigenvalue weighted by Crippen LogP contribution is -2.16. The lowest BCUT2D eigenvalue weighted by Gasteiger charge is -2.14. The van der Waals surface area contributed by atoms with Crippen LogP contribution in [0, 0.1) is 0 Å². The summed E-state index contributed by atoms with van der Waals surface area (Å²) in [6.07, 6.45) is -0.332. The van der Waals surface area contributed by atoms with E-state index >= 15 is 0 Å². The van der Waals surface area contributed by atoms with Gasteiger partial charge in [0.2, 0.25) is 15.8 Å². The molecule has 0 fully saturated rings. The summed E-state index contributed by atoms with van der Waals surface area (Å²) in [5.74, 6) is 0.706. The van der Waals surface area contributed by atoms with Crippen molar-refractivity contribution in [2.75, 3.05) is 6.61 Å². The third kappa shape index (κ3) is 3.72. The van der Waals surface area contributed by atoms with Crippen LogP contribution in [0.5, 0.6) is 5.75 Å². The van der Waals surface area contributed by atoms with Crippen LogP contribution in [-0.4, -0.2) is 46.9 Å². The molecule has 0 amide bonds. The molecule has 0 aliphatic carbocycles. The average molecular weight is 375 g/mol. The molecule has 136 valence electrons. The number of H-pyrrole nitrogens is 1. The SMILES string of the molecule is CC(CO)Oc1ccc(-c2cccc(S(N)(=O)=O)c2-c2nn[nH]n2)cc1. The third-order valence-electron chi connectivity index (χ3n) is 3.66. The van der Waals surface area contributed by atoms with Gasteiger partial charge in [-0.3, -0.25) is 0 Å². The highest BCUT2D eigenvalue weighted by Crippen LogP contribution is 2.35. The minimum atomic E-state index is -3.99. The monoisotopic (exact) mass is 375 g/mol. The molecule has 4 N–H and O–H groups in total. The summed E-state index contributed by atoms with van der Waals surface area (Å²) >= 11 is 0. The Morgan fingerprint density at radius 1 is 1.23 bits per heavy atom. The molecule has 1 heterocycles. The van der Waals surface area contributed by atoms with Crippen LogP contribution >= 0.6 is 0 Å². The van der Waals surface area contributed by atoms with Crippen molar-refractivity contribution >= 4 is 10.0 Å². The standard InChI is InChI=1S/C16H17N5O4S/c1-10(9-22)25-12-7-5-11(6-8-12)13-3-2-4-14(26(17,23)24)15(13)16-18-20-21-19-16/h2-8,10,22H,9H2,1H3,(H2,17,23,24)(H,18,19,20,21). The number of aliphatic hydroxyl groups is 1. The van der Waals surface area contributed by atoms with Crippen molar-refractivity contribution in [3.63, 3.8) is 0 Å². The van der Waals surface area contributed by atoms with Crippen LogP contribution in [0.4, 0.5) is 0 Å². The summed E-state index contributed by atoms with van der Waals surface area (Å²) in [4.78, 5) is -0.0920. The molecule has 0 spiro atoms. The van der Waals surface area contributed by atoms with E-state index in [0.29, 0.717) is 11.3 Å². The zero-order chi connectivity index (χ0) is 18.7. The van der Waals surface area contributed by atoms with Crippen LogP contribution in [-0.2, 0) is 10.0 Å². The molecule has 0 saturated carbocycles. The predicted octanol–water partition coefficient (Wildman–Crippen LogP) is 0.941. The lowest BCUT2D eigenvalue weighted by atomic mass is 9.99. The normalized spacial score (nSPS) is 12.7. The zero-order valence-corrected chi connectivity index (χ0v) is 14.6. The first kappa shape index (κ1) is 18.0. The van der Waals surface area contributed by atoms with Crippen molar-refractivity contribution in [1.82, 2.24) is 20.6 Å². The number of aromatic nitrogens is 4. The van der Waals surface area contributed by atoms with E-state index in [9.17, 15) is 8.42 Å². The number of rotatable bonds is 6. The zero-order valence-electron chi connectivity index (χ0n) is 13.8. The molecular formula is C16H17N5O4S. The van der Waals surface area contributed by atoms with Gasteiger partial charge in [0, 0.05) is 0 Å². The van der Waals surface area contributed by atoms with Gasteiger partial charge in [0.15, 0.2) is 0 Å². The fraction of sp³-hybridized carbons (Fsp3) is 0.188. The van der Waals surface area contributed by atoms with E-state index in [1.54, 1.807) is 43.3 Å². The van der Waals surface area contributed by atoms with Crippen LogP contribution in [0.1, 0.15) is 6.92 Å². The number of nitrogens with two attached hydrogens (primary N) is 1. The highest BCUT2D eigenvalue weighted by atomic mass is 32.2. The molecule has 9 nitrogen and oxygen atoms in total. The fourth-order valence-corrected chi connectivity index (χ4v) is 3.24. The van der Waals surface area contributed by atoms with Crippen LogP contribution in [0.3, 0.4) is 0 Å². The van der Waals surface area contributed by atoms with Crippen LogP contribution in [0.25, 0.3) is 22.5 Å². The quantitative estimate of drug-likeness (QED) is 0.581. The van der Waals surface area contributed by atoms with Crippen molar-refractivity contribution in [1.29, 1.82) is 0 Å². The number of hydrogen-bond donors (Lipinski definition) is 3. The smallest absolute Gasteiger partial charge is 0.238 e. The number of primary sulfonamides is 1. The number of benzene rings is 2. The molecule has 0 bridgehead atoms. The van der Waals surface area contributed by atoms with Gasteiger partial charge in [-0.1, -0.05) is 24.3 Å². The van der Waals surface area contributed by atoms with Crippen molar-refractivity contribution in [2.24, 2.45) is 5.14 Å². The number of nitrogens with one attached hydrogen (secondary N) is 1. The van der Waals surface area contributed by atoms with E-state index in [1.807, 2.05) is 0 Å². The van der Waals surface area contributed by atoms with Gasteiger partial charge in [0.1, 0.15) is 11.9 Å². The molecule has 0 saturated heterocycles. The van der Waals surface area contributed by atoms with Gasteiger partial charge in [0.05, 0.1) is 17.1 Å². The van der Waals surface area contributed by atoms with Gasteiger partial charge in [0.25, 0.3) is 0 Å². The molecule has 0 aliphatic heterocycles. The van der Waals surface area contributed by atoms with E-state index in [-0.39, 0.29) is 29.0 Å². The Morgan fingerprint density at radius 3 is 2.54 bits per heavy atom. The third-order valence-corrected chi connectivity index (χ3v) is 4.61. The van der Waals surface area contributed by atoms with Gasteiger partial charge in [-0.25, -0.2) is 13.6 Å². The molecule has 10 heteroatoms. The summed E-state index contributed by atoms with van der Waals surface area (Å²) in [6.45, 7) is 1.65. The van der Waals surface area contributed by atoms with E-state index < -0.39 is 10.0 Å². The van der Waals surface area contributed by atoms with Gasteiger partial charge in [-0.2, -0.15) is 5.21 Å². The predicted molar refractivity (Wildman–Crippen MR) is 93.6 cm³/mol. The Balaban J connectivity index is 2.11. The molecule has 2 aromatic carbocycles. The minimum Gasteiger partial charge on any atom is -0.488 e. The van der Waals surface area contributed by atoms with Gasteiger partial charge in [-0.05, 0) is 41.5 Å². The number of aromatic amines is 1. The second-order valence-corrected chi connectivity index (χ2v) is 7.12. The largest absolute Gasteiger partial charge is 0.488 e. The summed E-state index contributed by atoms with van der Waals surface area (Å²) in [5.41, 5.74) is 1.57. The number of tetrazole rings is 1. The first-order valence-corrected chi connectivity index (χ1v) is 9.22. The van der Waals surface area contributed by atoms with E-state index in [2.05, 4.69) is 20.6 Å². The molecule has 0 aliphatic rings. The number of nitrogens with zero attached hydrogens (tertiary/aromatic N) is 3. The maximum absolute atomic E-state index is 12.0. The molecule has 0 radical (unpaired) electrons. The maximum atomic E-state index is 12.0. The highest BCUT2D eigenvalue weighted by molar-refractivity contribution is 7.89. The van der Waals surface area contributed by atoms with Crippen molar-refractivity contribution in [3.05, 3.63) is 42.5 Å². The van der Waals surface area contributed by atoms with E-state index in [0.717, 1.165) is 5.56 Å².